The number of hydrogen-bond donors (Lipinski definition) is 3. The minimum atomic E-state index is -2.92. The molecule has 0 rings (SSSR count). The molecule has 0 heterocycles. The van der Waals surface area contributed by atoms with Crippen LogP contribution in [0, 0.1) is 0 Å². The molecule has 0 amide bonds. The molecule has 0 atom stereocenters. The minimum Gasteiger partial charge on any atom is -0.907 e. The Hall–Kier alpha value is 11.7. The second-order valence-electron chi connectivity index (χ2n) is 1.50. The van der Waals surface area contributed by atoms with Gasteiger partial charge in [0.2, 0.25) is 0 Å². The van der Waals surface area contributed by atoms with Gasteiger partial charge in [-0.3, -0.25) is 29.3 Å². The Morgan fingerprint density at radius 2 is 0.250 bits per heavy atom. The Kier molecular flexibility index (Phi) is 364. The zero-order valence-corrected chi connectivity index (χ0v) is 45.1. The largest absolute Gasteiger partial charge is 1.00 e. The van der Waals surface area contributed by atoms with E-state index in [0.717, 1.165) is 0 Å². The standard InChI is InChI=1S/BH3O3.4BO3.12Na/c5*2-1(3)4;;;;;;;;;;;;/h2-4H;;;;;;;;;;;;;;;;/q;4*-3;12*+1. The van der Waals surface area contributed by atoms with Crippen LogP contribution in [-0.4, -0.2) is 51.7 Å². The van der Waals surface area contributed by atoms with Crippen LogP contribution in [-0.2, 0) is 0 Å². The maximum absolute atomic E-state index is 8.42. The summed E-state index contributed by atoms with van der Waals surface area (Å²) in [4.78, 5) is 0. The fourth-order valence-corrected chi connectivity index (χ4v) is 0. The van der Waals surface area contributed by atoms with Crippen LogP contribution in [0.1, 0.15) is 0 Å². The van der Waals surface area contributed by atoms with Gasteiger partial charge in [0.15, 0.2) is 0 Å². The van der Waals surface area contributed by atoms with Gasteiger partial charge in [0.05, 0.1) is 0 Å². The Bertz CT molecular complexity index is 105. The smallest absolute Gasteiger partial charge is 0.907 e. The zero-order valence-electron chi connectivity index (χ0n) is 21.1. The van der Waals surface area contributed by atoms with Crippen molar-refractivity contribution in [3.63, 3.8) is 0 Å². The zero-order chi connectivity index (χ0) is 17.9. The molecule has 3 N–H and O–H groups in total. The Morgan fingerprint density at radius 3 is 0.250 bits per heavy atom. The fourth-order valence-electron chi connectivity index (χ4n) is 0. The number of rotatable bonds is 0. The summed E-state index contributed by atoms with van der Waals surface area (Å²) in [6.07, 6.45) is 0. The molecule has 0 aromatic carbocycles. The van der Waals surface area contributed by atoms with E-state index in [1.807, 2.05) is 0 Å². The normalized spacial score (nSPS) is 4.22. The average Bonchev–Trinajstić information content (AvgIpc) is 1.94. The Morgan fingerprint density at radius 1 is 0.250 bits per heavy atom. The number of hydrogen-bond acceptors (Lipinski definition) is 15. The van der Waals surface area contributed by atoms with Crippen molar-refractivity contribution in [1.29, 1.82) is 0 Å². The molecular weight excluding hydrogens is 570 g/mol. The van der Waals surface area contributed by atoms with Crippen LogP contribution in [0.25, 0.3) is 0 Å². The monoisotopic (exact) mass is 574 g/mol. The van der Waals surface area contributed by atoms with E-state index in [0.29, 0.717) is 0 Å². The third kappa shape index (κ3) is 503. The summed E-state index contributed by atoms with van der Waals surface area (Å²) in [6, 6.07) is 0. The Balaban J connectivity index is -0.00000000536. The molecule has 120 valence electrons. The molecule has 0 saturated heterocycles. The van der Waals surface area contributed by atoms with E-state index in [1.54, 1.807) is 0 Å². The van der Waals surface area contributed by atoms with Crippen LogP contribution >= 0.6 is 0 Å². The minimum absolute atomic E-state index is 0. The van der Waals surface area contributed by atoms with E-state index in [9.17, 15) is 0 Å². The topological polar surface area (TPSA) is 337 Å². The van der Waals surface area contributed by atoms with E-state index >= 15 is 0 Å². The maximum Gasteiger partial charge on any atom is 1.00 e. The van der Waals surface area contributed by atoms with Gasteiger partial charge in [-0.1, -0.05) is 0 Å². The van der Waals surface area contributed by atoms with Gasteiger partial charge in [0.25, 0.3) is 0 Å². The second-order valence-corrected chi connectivity index (χ2v) is 1.50. The molecule has 0 aliphatic carbocycles. The first-order chi connectivity index (χ1) is 8.66. The molecule has 0 radical (unpaired) electrons. The van der Waals surface area contributed by atoms with Crippen LogP contribution in [0.3, 0.4) is 0 Å². The van der Waals surface area contributed by atoms with E-state index in [2.05, 4.69) is 0 Å². The Labute approximate surface area is 454 Å². The molecule has 0 aliphatic heterocycles. The molecule has 0 unspecified atom stereocenters. The summed E-state index contributed by atoms with van der Waals surface area (Å²) in [5, 5.41) is 123. The van der Waals surface area contributed by atoms with Crippen LogP contribution in [0.4, 0.5) is 0 Å². The summed E-state index contributed by atoms with van der Waals surface area (Å²) in [6.45, 7) is 0. The van der Waals surface area contributed by atoms with Gasteiger partial charge < -0.3 is 75.4 Å². The summed E-state index contributed by atoms with van der Waals surface area (Å²) >= 11 is 0. The van der Waals surface area contributed by atoms with Crippen molar-refractivity contribution < 1.29 is 430 Å². The first-order valence-electron chi connectivity index (χ1n) is 3.60. The summed E-state index contributed by atoms with van der Waals surface area (Å²) < 4.78 is 0. The molecule has 0 aromatic rings. The molecule has 15 nitrogen and oxygen atoms in total. The van der Waals surface area contributed by atoms with Crippen molar-refractivity contribution >= 4 is 36.6 Å². The molecular formula is H3B5Na12O15. The molecule has 32 heteroatoms. The van der Waals surface area contributed by atoms with Crippen LogP contribution < -0.4 is 415 Å². The summed E-state index contributed by atoms with van der Waals surface area (Å²) in [5.74, 6) is 0. The van der Waals surface area contributed by atoms with E-state index in [4.69, 9.17) is 75.4 Å². The first-order valence-corrected chi connectivity index (χ1v) is 3.60. The third-order valence-electron chi connectivity index (χ3n) is 0. The molecule has 0 fully saturated rings. The van der Waals surface area contributed by atoms with Crippen molar-refractivity contribution in [3.05, 3.63) is 0 Å². The predicted octanol–water partition coefficient (Wildman–Crippen LogP) is -53.8. The SMILES string of the molecule is OB(O)O.[Na+].[Na+].[Na+].[Na+].[Na+].[Na+].[Na+].[Na+].[Na+].[Na+].[Na+].[Na+].[O-]B([O-])[O-].[O-]B([O-])[O-].[O-]B([O-])[O-].[O-]B([O-])[O-]. The van der Waals surface area contributed by atoms with Crippen LogP contribution in [0.5, 0.6) is 0 Å². The summed E-state index contributed by atoms with van der Waals surface area (Å²) in [7, 11) is -13.8. The van der Waals surface area contributed by atoms with Crippen LogP contribution in [0.15, 0.2) is 0 Å². The van der Waals surface area contributed by atoms with Gasteiger partial charge in [0, 0.05) is 0 Å². The van der Waals surface area contributed by atoms with Gasteiger partial charge in [-0.15, -0.1) is 0 Å². The molecule has 0 bridgehead atoms. The summed E-state index contributed by atoms with van der Waals surface area (Å²) in [5.41, 5.74) is 0. The molecule has 0 spiro atoms. The van der Waals surface area contributed by atoms with Gasteiger partial charge in [-0.05, 0) is 0 Å². The van der Waals surface area contributed by atoms with E-state index in [1.165, 1.54) is 0 Å². The average molecular weight is 573 g/mol. The second kappa shape index (κ2) is 104. The van der Waals surface area contributed by atoms with Crippen molar-refractivity contribution in [2.24, 2.45) is 0 Å². The predicted molar refractivity (Wildman–Crippen MR) is 35.4 cm³/mol. The molecule has 32 heavy (non-hydrogen) atoms. The van der Waals surface area contributed by atoms with Gasteiger partial charge in [-0.2, -0.15) is 0 Å². The molecule has 0 aromatic heterocycles. The first kappa shape index (κ1) is 112. The van der Waals surface area contributed by atoms with Crippen molar-refractivity contribution in [2.45, 2.75) is 0 Å². The quantitative estimate of drug-likeness (QED) is 0.227. The van der Waals surface area contributed by atoms with Crippen molar-refractivity contribution in [3.8, 4) is 0 Å². The van der Waals surface area contributed by atoms with Crippen LogP contribution in [0.2, 0.25) is 0 Å². The van der Waals surface area contributed by atoms with Gasteiger partial charge in [0.1, 0.15) is 0 Å². The van der Waals surface area contributed by atoms with Crippen molar-refractivity contribution in [2.75, 3.05) is 0 Å². The van der Waals surface area contributed by atoms with Gasteiger partial charge >= 0.3 is 362 Å². The van der Waals surface area contributed by atoms with E-state index < -0.39 is 36.6 Å². The molecule has 0 saturated carbocycles. The maximum atomic E-state index is 8.42. The van der Waals surface area contributed by atoms with E-state index in [-0.39, 0.29) is 355 Å². The molecule has 0 aliphatic rings. The van der Waals surface area contributed by atoms with Crippen molar-refractivity contribution in [1.82, 2.24) is 0 Å². The third-order valence-corrected chi connectivity index (χ3v) is 0. The fraction of sp³-hybridized carbons (Fsp3) is 0. The van der Waals surface area contributed by atoms with Gasteiger partial charge in [-0.25, -0.2) is 0 Å².